The summed E-state index contributed by atoms with van der Waals surface area (Å²) < 4.78 is 28.7. The summed E-state index contributed by atoms with van der Waals surface area (Å²) in [6.45, 7) is -0.174. The number of hydrogen-bond acceptors (Lipinski definition) is 10. The van der Waals surface area contributed by atoms with E-state index in [9.17, 15) is 14.6 Å². The summed E-state index contributed by atoms with van der Waals surface area (Å²) in [5.41, 5.74) is 6.59. The number of anilines is 2. The zero-order valence-corrected chi connectivity index (χ0v) is 14.3. The molecule has 2 fully saturated rings. The van der Waals surface area contributed by atoms with Crippen LogP contribution >= 0.6 is 7.82 Å². The largest absolute Gasteiger partial charge is 0.472 e. The molecule has 12 nitrogen and oxygen atoms in total. The highest BCUT2D eigenvalue weighted by Gasteiger charge is 2.53. The third kappa shape index (κ3) is 2.58. The van der Waals surface area contributed by atoms with E-state index in [0.29, 0.717) is 17.1 Å². The Morgan fingerprint density at radius 1 is 1.44 bits per heavy atom. The standard InChI is InChI=1S/C12H17N6O6P/c1-17(2)12-16-6-9(13)14-4-15-10(6)18(12)11-7(19)8-5(23-11)3-22-25(20,21)24-8/h4-5,7-8,11,19H,3H2,1-2H3,(H,20,21)(H2,13,14,15). The molecular formula is C12H17N6O6P. The van der Waals surface area contributed by atoms with Crippen molar-refractivity contribution in [3.05, 3.63) is 6.33 Å². The van der Waals surface area contributed by atoms with Crippen LogP contribution in [0.25, 0.3) is 11.2 Å². The first-order valence-corrected chi connectivity index (χ1v) is 8.93. The van der Waals surface area contributed by atoms with Crippen LogP contribution in [0.1, 0.15) is 6.23 Å². The van der Waals surface area contributed by atoms with Gasteiger partial charge in [0, 0.05) is 14.1 Å². The van der Waals surface area contributed by atoms with Gasteiger partial charge in [0.15, 0.2) is 23.2 Å². The summed E-state index contributed by atoms with van der Waals surface area (Å²) in [5, 5.41) is 10.6. The van der Waals surface area contributed by atoms with E-state index in [1.165, 1.54) is 6.33 Å². The maximum Gasteiger partial charge on any atom is 0.472 e. The molecule has 5 unspecified atom stereocenters. The fourth-order valence-corrected chi connectivity index (χ4v) is 3.98. The van der Waals surface area contributed by atoms with Crippen LogP contribution in [0.5, 0.6) is 0 Å². The normalized spacial score (nSPS) is 35.0. The van der Waals surface area contributed by atoms with Crippen molar-refractivity contribution >= 4 is 30.8 Å². The number of rotatable bonds is 2. The number of aliphatic hydroxyl groups excluding tert-OH is 1. The molecule has 0 bridgehead atoms. The predicted molar refractivity (Wildman–Crippen MR) is 84.6 cm³/mol. The van der Waals surface area contributed by atoms with E-state index >= 15 is 0 Å². The second-order valence-corrected chi connectivity index (χ2v) is 7.40. The Kier molecular flexibility index (Phi) is 3.72. The van der Waals surface area contributed by atoms with Crippen molar-refractivity contribution in [3.8, 4) is 0 Å². The molecule has 2 aliphatic heterocycles. The quantitative estimate of drug-likeness (QED) is 0.569. The highest BCUT2D eigenvalue weighted by Crippen LogP contribution is 2.52. The summed E-state index contributed by atoms with van der Waals surface area (Å²) >= 11 is 0. The van der Waals surface area contributed by atoms with Crippen LogP contribution < -0.4 is 10.6 Å². The first-order chi connectivity index (χ1) is 11.8. The van der Waals surface area contributed by atoms with E-state index in [2.05, 4.69) is 15.0 Å². The van der Waals surface area contributed by atoms with E-state index in [1.807, 2.05) is 0 Å². The number of imidazole rings is 1. The summed E-state index contributed by atoms with van der Waals surface area (Å²) in [7, 11) is -0.683. The molecule has 4 heterocycles. The van der Waals surface area contributed by atoms with Crippen LogP contribution in [-0.2, 0) is 18.3 Å². The highest BCUT2D eigenvalue weighted by molar-refractivity contribution is 7.47. The third-order valence-electron chi connectivity index (χ3n) is 4.11. The molecule has 4 rings (SSSR count). The molecule has 2 aliphatic rings. The van der Waals surface area contributed by atoms with Gasteiger partial charge in [0.25, 0.3) is 0 Å². The number of fused-ring (bicyclic) bond motifs is 2. The average molecular weight is 372 g/mol. The SMILES string of the molecule is CN(C)c1nc2c(N)ncnc2n1C1OC2COP(=O)(O)OC2C1O. The van der Waals surface area contributed by atoms with Crippen LogP contribution in [0.2, 0.25) is 0 Å². The Morgan fingerprint density at radius 3 is 2.92 bits per heavy atom. The van der Waals surface area contributed by atoms with Crippen molar-refractivity contribution < 1.29 is 28.3 Å². The van der Waals surface area contributed by atoms with E-state index in [-0.39, 0.29) is 12.4 Å². The smallest absolute Gasteiger partial charge is 0.386 e. The van der Waals surface area contributed by atoms with Crippen LogP contribution in [0.15, 0.2) is 6.33 Å². The molecule has 0 spiro atoms. The summed E-state index contributed by atoms with van der Waals surface area (Å²) in [5.74, 6) is 0.620. The minimum Gasteiger partial charge on any atom is -0.386 e. The van der Waals surface area contributed by atoms with Crippen molar-refractivity contribution in [1.82, 2.24) is 19.5 Å². The maximum atomic E-state index is 11.6. The highest BCUT2D eigenvalue weighted by atomic mass is 31.2. The number of phosphoric ester groups is 1. The van der Waals surface area contributed by atoms with Gasteiger partial charge in [0.05, 0.1) is 6.61 Å². The molecule has 4 N–H and O–H groups in total. The molecule has 0 radical (unpaired) electrons. The third-order valence-corrected chi connectivity index (χ3v) is 5.09. The van der Waals surface area contributed by atoms with Gasteiger partial charge in [-0.15, -0.1) is 0 Å². The van der Waals surface area contributed by atoms with Crippen molar-refractivity contribution in [3.63, 3.8) is 0 Å². The topological polar surface area (TPSA) is 158 Å². The van der Waals surface area contributed by atoms with Crippen LogP contribution in [-0.4, -0.2) is 68.5 Å². The zero-order valence-electron chi connectivity index (χ0n) is 13.4. The second kappa shape index (κ2) is 5.59. The molecule has 25 heavy (non-hydrogen) atoms. The van der Waals surface area contributed by atoms with Crippen LogP contribution in [0, 0.1) is 0 Å². The molecular weight excluding hydrogens is 355 g/mol. The lowest BCUT2D eigenvalue weighted by molar-refractivity contribution is -0.0660. The Hall–Kier alpha value is -1.82. The van der Waals surface area contributed by atoms with Crippen LogP contribution in [0.3, 0.4) is 0 Å². The Labute approximate surface area is 141 Å². The summed E-state index contributed by atoms with van der Waals surface area (Å²) in [6, 6.07) is 0. The van der Waals surface area contributed by atoms with Gasteiger partial charge in [-0.1, -0.05) is 0 Å². The molecule has 0 saturated carbocycles. The number of nitrogen functional groups attached to an aromatic ring is 1. The molecule has 2 aromatic rings. The van der Waals surface area contributed by atoms with Gasteiger partial charge in [0.1, 0.15) is 24.6 Å². The van der Waals surface area contributed by atoms with Gasteiger partial charge in [-0.3, -0.25) is 13.6 Å². The van der Waals surface area contributed by atoms with Gasteiger partial charge in [-0.2, -0.15) is 0 Å². The number of phosphoric acid groups is 1. The molecule has 2 saturated heterocycles. The number of nitrogens with zero attached hydrogens (tertiary/aromatic N) is 5. The minimum absolute atomic E-state index is 0.174. The lowest BCUT2D eigenvalue weighted by atomic mass is 10.1. The lowest BCUT2D eigenvalue weighted by Gasteiger charge is -2.27. The molecule has 5 atom stereocenters. The van der Waals surface area contributed by atoms with Gasteiger partial charge < -0.3 is 25.4 Å². The van der Waals surface area contributed by atoms with Gasteiger partial charge in [-0.25, -0.2) is 19.5 Å². The molecule has 0 aliphatic carbocycles. The summed E-state index contributed by atoms with van der Waals surface area (Å²) in [4.78, 5) is 23.7. The van der Waals surface area contributed by atoms with Crippen molar-refractivity contribution in [2.24, 2.45) is 0 Å². The second-order valence-electron chi connectivity index (χ2n) is 6.00. The van der Waals surface area contributed by atoms with Gasteiger partial charge in [0.2, 0.25) is 5.95 Å². The zero-order chi connectivity index (χ0) is 17.9. The van der Waals surface area contributed by atoms with E-state index in [4.69, 9.17) is 19.5 Å². The van der Waals surface area contributed by atoms with Crippen LogP contribution in [0.4, 0.5) is 11.8 Å². The molecule has 13 heteroatoms. The maximum absolute atomic E-state index is 11.6. The number of hydrogen-bond donors (Lipinski definition) is 3. The van der Waals surface area contributed by atoms with Crippen molar-refractivity contribution in [2.45, 2.75) is 24.5 Å². The molecule has 2 aromatic heterocycles. The Morgan fingerprint density at radius 2 is 2.20 bits per heavy atom. The van der Waals surface area contributed by atoms with Crippen molar-refractivity contribution in [1.29, 1.82) is 0 Å². The molecule has 0 aromatic carbocycles. The Balaban J connectivity index is 1.81. The first kappa shape index (κ1) is 16.6. The van der Waals surface area contributed by atoms with E-state index < -0.39 is 32.4 Å². The monoisotopic (exact) mass is 372 g/mol. The molecule has 0 amide bonds. The van der Waals surface area contributed by atoms with E-state index in [1.54, 1.807) is 23.6 Å². The summed E-state index contributed by atoms with van der Waals surface area (Å²) in [6.07, 6.45) is -2.62. The van der Waals surface area contributed by atoms with Crippen molar-refractivity contribution in [2.75, 3.05) is 31.3 Å². The first-order valence-electron chi connectivity index (χ1n) is 7.43. The number of aliphatic hydroxyl groups is 1. The number of aromatic nitrogens is 4. The predicted octanol–water partition coefficient (Wildman–Crippen LogP) is -0.751. The average Bonchev–Trinajstić information content (AvgIpc) is 3.06. The number of ether oxygens (including phenoxy) is 1. The molecule has 136 valence electrons. The van der Waals surface area contributed by atoms with Gasteiger partial charge in [-0.05, 0) is 0 Å². The minimum atomic E-state index is -4.21. The number of nitrogens with two attached hydrogens (primary N) is 1. The fourth-order valence-electron chi connectivity index (χ4n) is 3.01. The van der Waals surface area contributed by atoms with Gasteiger partial charge >= 0.3 is 7.82 Å². The fraction of sp³-hybridized carbons (Fsp3) is 0.583. The Bertz CT molecular complexity index is 873. The van der Waals surface area contributed by atoms with E-state index in [0.717, 1.165) is 0 Å². The lowest BCUT2D eigenvalue weighted by Crippen LogP contribution is -2.39.